The van der Waals surface area contributed by atoms with Gasteiger partial charge in [0.25, 0.3) is 5.56 Å². The third kappa shape index (κ3) is 5.90. The molecule has 178 valence electrons. The van der Waals surface area contributed by atoms with Crippen molar-refractivity contribution in [3.63, 3.8) is 0 Å². The van der Waals surface area contributed by atoms with Crippen LogP contribution in [0, 0.1) is 0 Å². The second-order valence-electron chi connectivity index (χ2n) is 7.65. The number of alkyl halides is 3. The Bertz CT molecular complexity index is 1100. The molecular weight excluding hydrogens is 571 g/mol. The predicted molar refractivity (Wildman–Crippen MR) is 128 cm³/mol. The van der Waals surface area contributed by atoms with Gasteiger partial charge in [-0.15, -0.1) is 0 Å². The Kier molecular flexibility index (Phi) is 8.46. The second-order valence-corrected chi connectivity index (χ2v) is 9.75. The molecule has 1 aliphatic rings. The fourth-order valence-corrected chi connectivity index (χ4v) is 4.94. The smallest absolute Gasteiger partial charge is 0.395 e. The summed E-state index contributed by atoms with van der Waals surface area (Å²) >= 11 is 1.97. The maximum absolute atomic E-state index is 13.5. The highest BCUT2D eigenvalue weighted by Crippen LogP contribution is 2.33. The maximum atomic E-state index is 13.5. The van der Waals surface area contributed by atoms with Gasteiger partial charge in [0.05, 0.1) is 29.9 Å². The van der Waals surface area contributed by atoms with Crippen LogP contribution in [0.2, 0.25) is 0 Å². The topological polar surface area (TPSA) is 120 Å². The van der Waals surface area contributed by atoms with Gasteiger partial charge in [-0.3, -0.25) is 19.4 Å². The van der Waals surface area contributed by atoms with Gasteiger partial charge in [-0.1, -0.05) is 19.3 Å². The fraction of sp³-hybridized carbons (Fsp3) is 0.400. The molecule has 13 heteroatoms. The quantitative estimate of drug-likeness (QED) is 0.125. The summed E-state index contributed by atoms with van der Waals surface area (Å²) in [5.74, 6) is 5.77. The van der Waals surface area contributed by atoms with Crippen LogP contribution in [-0.4, -0.2) is 25.8 Å². The SMILES string of the molecule is N/C(=C(/C=O)N(N)PI)c1cc(C2CCCCC2)c(=O)n(Cc2ncccc2C(F)(F)F)n1. The molecule has 1 aliphatic carbocycles. The normalized spacial score (nSPS) is 16.2. The Balaban J connectivity index is 2.18. The van der Waals surface area contributed by atoms with E-state index in [0.717, 1.165) is 47.6 Å². The number of pyridine rings is 1. The number of nitrogens with zero attached hydrogens (tertiary/aromatic N) is 4. The number of hydrogen-bond acceptors (Lipinski definition) is 7. The molecule has 0 spiro atoms. The van der Waals surface area contributed by atoms with Gasteiger partial charge in [-0.2, -0.15) is 18.3 Å². The molecule has 0 aliphatic heterocycles. The summed E-state index contributed by atoms with van der Waals surface area (Å²) in [6.07, 6.45) is 1.58. The van der Waals surface area contributed by atoms with Crippen molar-refractivity contribution in [2.75, 3.05) is 0 Å². The molecule has 0 saturated heterocycles. The number of nitrogens with two attached hydrogens (primary N) is 2. The van der Waals surface area contributed by atoms with Crippen LogP contribution < -0.4 is 17.1 Å². The van der Waals surface area contributed by atoms with Crippen LogP contribution in [0.4, 0.5) is 13.2 Å². The Morgan fingerprint density at radius 1 is 1.33 bits per heavy atom. The van der Waals surface area contributed by atoms with Gasteiger partial charge in [0.15, 0.2) is 6.29 Å². The van der Waals surface area contributed by atoms with E-state index in [1.54, 1.807) is 0 Å². The molecule has 3 rings (SSSR count). The van der Waals surface area contributed by atoms with Gasteiger partial charge in [0.1, 0.15) is 11.4 Å². The van der Waals surface area contributed by atoms with E-state index in [9.17, 15) is 22.8 Å². The van der Waals surface area contributed by atoms with Gasteiger partial charge >= 0.3 is 6.18 Å². The minimum absolute atomic E-state index is 0.00331. The first-order chi connectivity index (χ1) is 15.7. The van der Waals surface area contributed by atoms with E-state index in [4.69, 9.17) is 11.6 Å². The van der Waals surface area contributed by atoms with Crippen LogP contribution >= 0.6 is 28.4 Å². The molecule has 1 unspecified atom stereocenters. The number of hydrogen-bond donors (Lipinski definition) is 2. The van der Waals surface area contributed by atoms with Crippen molar-refractivity contribution in [1.29, 1.82) is 0 Å². The Morgan fingerprint density at radius 2 is 2.03 bits per heavy atom. The van der Waals surface area contributed by atoms with E-state index < -0.39 is 23.8 Å². The number of allylic oxidation sites excluding steroid dienone is 1. The van der Waals surface area contributed by atoms with Gasteiger partial charge in [0, 0.05) is 11.8 Å². The van der Waals surface area contributed by atoms with Gasteiger partial charge in [0.2, 0.25) is 0 Å². The monoisotopic (exact) mass is 594 g/mol. The standard InChI is InChI=1S/C20H23F3IN6O2P/c21-20(22,23)14-7-4-8-27-16(14)10-29-19(32)13(12-5-2-1-3-6-12)9-15(28-29)18(25)17(11-31)30(26)33-24/h4,7-9,11-12,33H,1-3,5-6,10,25-26H2/b18-17-. The first-order valence-electron chi connectivity index (χ1n) is 10.2. The highest BCUT2D eigenvalue weighted by atomic mass is 127. The second kappa shape index (κ2) is 10.9. The summed E-state index contributed by atoms with van der Waals surface area (Å²) in [7, 11) is 0. The van der Waals surface area contributed by atoms with Crippen molar-refractivity contribution >= 4 is 40.4 Å². The lowest BCUT2D eigenvalue weighted by molar-refractivity contribution is -0.138. The number of carbonyl (C=O) groups is 1. The van der Waals surface area contributed by atoms with Crippen molar-refractivity contribution in [2.45, 2.75) is 50.7 Å². The summed E-state index contributed by atoms with van der Waals surface area (Å²) in [6.45, 7) is -0.494. The van der Waals surface area contributed by atoms with Crippen molar-refractivity contribution in [3.05, 3.63) is 63.0 Å². The zero-order valence-electron chi connectivity index (χ0n) is 17.5. The molecular formula is C20H23F3IN6O2P. The van der Waals surface area contributed by atoms with E-state index >= 15 is 0 Å². The number of aldehydes is 1. The number of hydrazine groups is 1. The van der Waals surface area contributed by atoms with Crippen LogP contribution in [0.25, 0.3) is 5.70 Å². The largest absolute Gasteiger partial charge is 0.418 e. The molecule has 4 N–H and O–H groups in total. The summed E-state index contributed by atoms with van der Waals surface area (Å²) in [5.41, 5.74) is 4.85. The molecule has 1 saturated carbocycles. The third-order valence-electron chi connectivity index (χ3n) is 5.56. The molecule has 2 heterocycles. The average molecular weight is 594 g/mol. The van der Waals surface area contributed by atoms with Gasteiger partial charge in [-0.05, 0) is 59.0 Å². The Morgan fingerprint density at radius 3 is 2.64 bits per heavy atom. The summed E-state index contributed by atoms with van der Waals surface area (Å²) in [4.78, 5) is 28.7. The highest BCUT2D eigenvalue weighted by molar-refractivity contribution is 14.2. The molecule has 1 atom stereocenters. The average Bonchev–Trinajstić information content (AvgIpc) is 2.80. The molecule has 0 aromatic carbocycles. The van der Waals surface area contributed by atoms with Crippen molar-refractivity contribution in [2.24, 2.45) is 11.6 Å². The van der Waals surface area contributed by atoms with E-state index in [2.05, 4.69) is 10.1 Å². The summed E-state index contributed by atoms with van der Waals surface area (Å²) in [5, 5.41) is 4.21. The molecule has 0 radical (unpaired) electrons. The predicted octanol–water partition coefficient (Wildman–Crippen LogP) is 3.70. The van der Waals surface area contributed by atoms with Crippen LogP contribution in [0.5, 0.6) is 0 Å². The molecule has 2 aromatic heterocycles. The van der Waals surface area contributed by atoms with E-state index in [1.807, 2.05) is 22.0 Å². The summed E-state index contributed by atoms with van der Waals surface area (Å²) < 4.78 is 42.5. The minimum Gasteiger partial charge on any atom is -0.395 e. The summed E-state index contributed by atoms with van der Waals surface area (Å²) in [6, 6.07) is 3.62. The van der Waals surface area contributed by atoms with E-state index in [0.29, 0.717) is 11.8 Å². The zero-order valence-corrected chi connectivity index (χ0v) is 20.6. The van der Waals surface area contributed by atoms with Crippen LogP contribution in [-0.2, 0) is 17.5 Å². The molecule has 8 nitrogen and oxygen atoms in total. The van der Waals surface area contributed by atoms with Gasteiger partial charge < -0.3 is 5.73 Å². The first kappa shape index (κ1) is 25.6. The number of aromatic nitrogens is 3. The van der Waals surface area contributed by atoms with Crippen molar-refractivity contribution < 1.29 is 18.0 Å². The number of rotatable bonds is 7. The lowest BCUT2D eigenvalue weighted by Gasteiger charge is -2.23. The van der Waals surface area contributed by atoms with Crippen LogP contribution in [0.1, 0.15) is 60.5 Å². The molecule has 0 bridgehead atoms. The highest BCUT2D eigenvalue weighted by Gasteiger charge is 2.34. The van der Waals surface area contributed by atoms with Crippen LogP contribution in [0.15, 0.2) is 34.9 Å². The van der Waals surface area contributed by atoms with Crippen molar-refractivity contribution in [1.82, 2.24) is 19.5 Å². The Hall–Kier alpha value is -2.05. The van der Waals surface area contributed by atoms with Crippen LogP contribution in [0.3, 0.4) is 0 Å². The minimum atomic E-state index is -4.64. The third-order valence-corrected chi connectivity index (χ3v) is 7.54. The number of halogens is 4. The Labute approximate surface area is 202 Å². The molecule has 2 aromatic rings. The lowest BCUT2D eigenvalue weighted by atomic mass is 9.84. The first-order valence-corrected chi connectivity index (χ1v) is 14.2. The van der Waals surface area contributed by atoms with E-state index in [-0.39, 0.29) is 35.1 Å². The molecule has 1 fully saturated rings. The van der Waals surface area contributed by atoms with Gasteiger partial charge in [-0.25, -0.2) is 10.5 Å². The lowest BCUT2D eigenvalue weighted by Crippen LogP contribution is -2.32. The maximum Gasteiger partial charge on any atom is 0.418 e. The van der Waals surface area contributed by atoms with E-state index in [1.165, 1.54) is 18.3 Å². The molecule has 33 heavy (non-hydrogen) atoms. The molecule has 0 amide bonds. The number of carbonyl (C=O) groups excluding carboxylic acids is 1. The van der Waals surface area contributed by atoms with Crippen molar-refractivity contribution in [3.8, 4) is 0 Å². The zero-order chi connectivity index (χ0) is 24.2. The fourth-order valence-electron chi connectivity index (χ4n) is 3.90.